The first-order valence-corrected chi connectivity index (χ1v) is 13.6. The summed E-state index contributed by atoms with van der Waals surface area (Å²) in [4.78, 5) is 15.7. The Labute approximate surface area is 247 Å². The van der Waals surface area contributed by atoms with Crippen LogP contribution in [-0.2, 0) is 13.2 Å². The molecule has 0 unspecified atom stereocenters. The Bertz CT molecular complexity index is 1730. The summed E-state index contributed by atoms with van der Waals surface area (Å²) in [6, 6.07) is 24.3. The van der Waals surface area contributed by atoms with Crippen molar-refractivity contribution in [1.82, 2.24) is 9.55 Å². The molecule has 0 saturated heterocycles. The predicted molar refractivity (Wildman–Crippen MR) is 162 cm³/mol. The van der Waals surface area contributed by atoms with Gasteiger partial charge in [-0.2, -0.15) is 0 Å². The second-order valence-corrected chi connectivity index (χ2v) is 10.1. The van der Waals surface area contributed by atoms with Crippen molar-refractivity contribution >= 4 is 41.3 Å². The maximum atomic E-state index is 14.8. The SMILES string of the molecule is CCn1cc(-c2ccc(Cl)cc2Cl)nc1C=Cc1cc(-c2ccc(OCc3ccc(C(=O)O)cc3)cc2)ccc1F. The summed E-state index contributed by atoms with van der Waals surface area (Å²) in [6.07, 6.45) is 5.42. The van der Waals surface area contributed by atoms with Gasteiger partial charge in [-0.05, 0) is 90.4 Å². The fourth-order valence-electron chi connectivity index (χ4n) is 4.31. The Hall–Kier alpha value is -4.39. The maximum absolute atomic E-state index is 14.8. The van der Waals surface area contributed by atoms with E-state index in [2.05, 4.69) is 0 Å². The van der Waals surface area contributed by atoms with Crippen LogP contribution in [0.5, 0.6) is 5.75 Å². The van der Waals surface area contributed by atoms with E-state index in [1.807, 2.05) is 48.0 Å². The average molecular weight is 587 g/mol. The largest absolute Gasteiger partial charge is 0.489 e. The van der Waals surface area contributed by atoms with Crippen molar-refractivity contribution in [1.29, 1.82) is 0 Å². The number of halogens is 3. The lowest BCUT2D eigenvalue weighted by molar-refractivity contribution is 0.0697. The van der Waals surface area contributed by atoms with E-state index in [9.17, 15) is 9.18 Å². The monoisotopic (exact) mass is 586 g/mol. The third-order valence-corrected chi connectivity index (χ3v) is 7.10. The molecule has 0 amide bonds. The van der Waals surface area contributed by atoms with Crippen molar-refractivity contribution in [3.63, 3.8) is 0 Å². The Morgan fingerprint density at radius 2 is 1.68 bits per heavy atom. The minimum Gasteiger partial charge on any atom is -0.489 e. The summed E-state index contributed by atoms with van der Waals surface area (Å²) in [7, 11) is 0. The lowest BCUT2D eigenvalue weighted by Crippen LogP contribution is -1.98. The number of nitrogens with zero attached hydrogens (tertiary/aromatic N) is 2. The molecule has 4 aromatic carbocycles. The third-order valence-electron chi connectivity index (χ3n) is 6.56. The van der Waals surface area contributed by atoms with Gasteiger partial charge >= 0.3 is 5.97 Å². The molecule has 0 bridgehead atoms. The van der Waals surface area contributed by atoms with Crippen molar-refractivity contribution in [2.24, 2.45) is 0 Å². The average Bonchev–Trinajstić information content (AvgIpc) is 3.39. The molecule has 1 aromatic heterocycles. The van der Waals surface area contributed by atoms with Gasteiger partial charge in [-0.1, -0.05) is 53.5 Å². The van der Waals surface area contributed by atoms with Crippen molar-refractivity contribution in [2.45, 2.75) is 20.1 Å². The zero-order valence-corrected chi connectivity index (χ0v) is 23.5. The van der Waals surface area contributed by atoms with Crippen LogP contribution in [0.2, 0.25) is 10.0 Å². The Morgan fingerprint density at radius 3 is 2.37 bits per heavy atom. The normalized spacial score (nSPS) is 11.2. The van der Waals surface area contributed by atoms with E-state index in [0.29, 0.717) is 46.0 Å². The van der Waals surface area contributed by atoms with Crippen LogP contribution in [0.3, 0.4) is 0 Å². The Balaban J connectivity index is 1.31. The maximum Gasteiger partial charge on any atom is 0.335 e. The summed E-state index contributed by atoms with van der Waals surface area (Å²) >= 11 is 12.4. The Morgan fingerprint density at radius 1 is 0.951 bits per heavy atom. The van der Waals surface area contributed by atoms with E-state index < -0.39 is 5.97 Å². The van der Waals surface area contributed by atoms with Crippen LogP contribution in [0, 0.1) is 5.82 Å². The zero-order chi connectivity index (χ0) is 28.9. The third kappa shape index (κ3) is 6.68. The molecule has 0 radical (unpaired) electrons. The molecule has 0 aliphatic heterocycles. The smallest absolute Gasteiger partial charge is 0.335 e. The van der Waals surface area contributed by atoms with E-state index in [1.54, 1.807) is 60.7 Å². The molecule has 41 heavy (non-hydrogen) atoms. The standard InChI is InChI=1S/C33H25Cl2FN2O3/c1-2-38-19-31(28-14-11-26(34)18-29(28)35)37-32(38)16-10-25-17-24(9-15-30(25)36)22-7-12-27(13-8-22)41-20-21-3-5-23(6-4-21)33(39)40/h3-19H,2,20H2,1H3,(H,39,40). The number of carboxylic acid groups (broad SMARTS) is 1. The summed E-state index contributed by atoms with van der Waals surface area (Å²) in [5.74, 6) is 0.0431. The molecule has 1 heterocycles. The van der Waals surface area contributed by atoms with Crippen LogP contribution >= 0.6 is 23.2 Å². The van der Waals surface area contributed by atoms with Crippen molar-refractivity contribution < 1.29 is 19.0 Å². The second-order valence-electron chi connectivity index (χ2n) is 9.28. The number of aromatic carboxylic acids is 1. The minimum absolute atomic E-state index is 0.231. The first kappa shape index (κ1) is 28.1. The molecular weight excluding hydrogens is 562 g/mol. The molecule has 5 nitrogen and oxygen atoms in total. The molecule has 8 heteroatoms. The molecule has 0 spiro atoms. The lowest BCUT2D eigenvalue weighted by Gasteiger charge is -2.09. The highest BCUT2D eigenvalue weighted by molar-refractivity contribution is 6.36. The van der Waals surface area contributed by atoms with E-state index in [-0.39, 0.29) is 11.4 Å². The molecule has 1 N–H and O–H groups in total. The molecule has 206 valence electrons. The van der Waals surface area contributed by atoms with Crippen molar-refractivity contribution in [3.05, 3.63) is 130 Å². The second kappa shape index (κ2) is 12.4. The van der Waals surface area contributed by atoms with Gasteiger partial charge in [-0.25, -0.2) is 14.2 Å². The van der Waals surface area contributed by atoms with Crippen LogP contribution in [0.15, 0.2) is 91.1 Å². The number of ether oxygens (including phenoxy) is 1. The predicted octanol–water partition coefficient (Wildman–Crippen LogP) is 9.13. The molecule has 0 fully saturated rings. The molecule has 0 atom stereocenters. The summed E-state index contributed by atoms with van der Waals surface area (Å²) in [6.45, 7) is 3.00. The van der Waals surface area contributed by atoms with Gasteiger partial charge in [0.2, 0.25) is 0 Å². The van der Waals surface area contributed by atoms with Crippen LogP contribution in [-0.4, -0.2) is 20.6 Å². The lowest BCUT2D eigenvalue weighted by atomic mass is 10.0. The van der Waals surface area contributed by atoms with Crippen molar-refractivity contribution in [2.75, 3.05) is 0 Å². The topological polar surface area (TPSA) is 64.4 Å². The van der Waals surface area contributed by atoms with Crippen LogP contribution in [0.4, 0.5) is 4.39 Å². The number of imidazole rings is 1. The molecule has 5 aromatic rings. The summed E-state index contributed by atoms with van der Waals surface area (Å²) in [5, 5.41) is 10.1. The number of carbonyl (C=O) groups is 1. The van der Waals surface area contributed by atoms with Crippen LogP contribution < -0.4 is 4.74 Å². The molecule has 0 saturated carbocycles. The number of rotatable bonds is 9. The van der Waals surface area contributed by atoms with Gasteiger partial charge in [-0.15, -0.1) is 0 Å². The zero-order valence-electron chi connectivity index (χ0n) is 22.0. The highest BCUT2D eigenvalue weighted by Gasteiger charge is 2.11. The fourth-order valence-corrected chi connectivity index (χ4v) is 4.82. The number of aryl methyl sites for hydroxylation is 1. The number of benzene rings is 4. The molecule has 0 aliphatic carbocycles. The van der Waals surface area contributed by atoms with Gasteiger partial charge in [0.25, 0.3) is 0 Å². The minimum atomic E-state index is -0.964. The highest BCUT2D eigenvalue weighted by atomic mass is 35.5. The number of aromatic nitrogens is 2. The van der Waals surface area contributed by atoms with Crippen molar-refractivity contribution in [3.8, 4) is 28.1 Å². The highest BCUT2D eigenvalue weighted by Crippen LogP contribution is 2.31. The van der Waals surface area contributed by atoms with Gasteiger partial charge < -0.3 is 14.4 Å². The molecular formula is C33H25Cl2FN2O3. The van der Waals surface area contributed by atoms with E-state index in [4.69, 9.17) is 38.0 Å². The Kier molecular flexibility index (Phi) is 8.53. The molecule has 0 aliphatic rings. The van der Waals surface area contributed by atoms with Crippen LogP contribution in [0.25, 0.3) is 34.5 Å². The van der Waals surface area contributed by atoms with E-state index in [0.717, 1.165) is 22.3 Å². The summed E-state index contributed by atoms with van der Waals surface area (Å²) < 4.78 is 22.6. The number of hydrogen-bond acceptors (Lipinski definition) is 3. The number of carboxylic acids is 1. The van der Waals surface area contributed by atoms with Crippen LogP contribution in [0.1, 0.15) is 34.2 Å². The van der Waals surface area contributed by atoms with Gasteiger partial charge in [0.05, 0.1) is 16.3 Å². The first-order valence-electron chi connectivity index (χ1n) is 12.9. The molecule has 5 rings (SSSR count). The van der Waals surface area contributed by atoms with E-state index >= 15 is 0 Å². The van der Waals surface area contributed by atoms with Gasteiger partial charge in [0.15, 0.2) is 0 Å². The van der Waals surface area contributed by atoms with Gasteiger partial charge in [0, 0.05) is 28.9 Å². The van der Waals surface area contributed by atoms with Gasteiger partial charge in [-0.3, -0.25) is 0 Å². The number of hydrogen-bond donors (Lipinski definition) is 1. The van der Waals surface area contributed by atoms with Gasteiger partial charge in [0.1, 0.15) is 24.0 Å². The van der Waals surface area contributed by atoms with E-state index in [1.165, 1.54) is 6.07 Å². The quantitative estimate of drug-likeness (QED) is 0.187. The summed E-state index contributed by atoms with van der Waals surface area (Å²) in [5.41, 5.74) is 4.78. The first-order chi connectivity index (χ1) is 19.8. The fraction of sp³-hybridized carbons (Fsp3) is 0.0909.